The number of carbonyl (C=O) groups is 1. The minimum atomic E-state index is -4.54. The third-order valence-electron chi connectivity index (χ3n) is 5.23. The summed E-state index contributed by atoms with van der Waals surface area (Å²) in [6.45, 7) is 0. The smallest absolute Gasteiger partial charge is 0.364 e. The van der Waals surface area contributed by atoms with E-state index < -0.39 is 17.7 Å². The minimum Gasteiger partial charge on any atom is -0.364 e. The maximum Gasteiger partial charge on any atom is 0.434 e. The van der Waals surface area contributed by atoms with Crippen molar-refractivity contribution in [2.75, 3.05) is 5.32 Å². The maximum atomic E-state index is 13.8. The Hall–Kier alpha value is -1.98. The fourth-order valence-corrected chi connectivity index (χ4v) is 4.60. The largest absolute Gasteiger partial charge is 0.434 e. The number of halogens is 5. The number of fused-ring (bicyclic) bond motifs is 2. The molecule has 28 heavy (non-hydrogen) atoms. The highest BCUT2D eigenvalue weighted by Gasteiger charge is 2.49. The van der Waals surface area contributed by atoms with Gasteiger partial charge >= 0.3 is 6.18 Å². The van der Waals surface area contributed by atoms with Gasteiger partial charge in [-0.2, -0.15) is 13.2 Å². The zero-order valence-corrected chi connectivity index (χ0v) is 16.5. The van der Waals surface area contributed by atoms with E-state index in [0.717, 1.165) is 19.0 Å². The molecule has 2 aromatic rings. The Morgan fingerprint density at radius 1 is 1.21 bits per heavy atom. The van der Waals surface area contributed by atoms with E-state index in [1.54, 1.807) is 11.0 Å². The van der Waals surface area contributed by atoms with Crippen molar-refractivity contribution >= 4 is 34.3 Å². The topological polar surface area (TPSA) is 58.1 Å². The highest BCUT2D eigenvalue weighted by molar-refractivity contribution is 14.1. The van der Waals surface area contributed by atoms with E-state index >= 15 is 0 Å². The SMILES string of the molecule is O=C(c1cccc(F)c1I)N1[C@@H]2CC[C@H]1[C@H](Nc1cnc(C(F)(F)F)cn1)C2. The van der Waals surface area contributed by atoms with E-state index in [0.29, 0.717) is 18.2 Å². The quantitative estimate of drug-likeness (QED) is 0.504. The number of benzene rings is 1. The number of hydrogen-bond donors (Lipinski definition) is 1. The summed E-state index contributed by atoms with van der Waals surface area (Å²) in [7, 11) is 0. The van der Waals surface area contributed by atoms with Crippen LogP contribution in [-0.4, -0.2) is 38.9 Å². The first-order valence-corrected chi connectivity index (χ1v) is 9.76. The predicted molar refractivity (Wildman–Crippen MR) is 101 cm³/mol. The van der Waals surface area contributed by atoms with Crippen LogP contribution in [0.2, 0.25) is 0 Å². The van der Waals surface area contributed by atoms with E-state index in [1.807, 2.05) is 22.6 Å². The van der Waals surface area contributed by atoms with E-state index in [4.69, 9.17) is 0 Å². The molecule has 3 atom stereocenters. The van der Waals surface area contributed by atoms with Gasteiger partial charge in [0, 0.05) is 6.04 Å². The van der Waals surface area contributed by atoms with Crippen molar-refractivity contribution in [3.05, 3.63) is 51.2 Å². The molecule has 5 nitrogen and oxygen atoms in total. The Balaban J connectivity index is 1.51. The monoisotopic (exact) mass is 506 g/mol. The van der Waals surface area contributed by atoms with Gasteiger partial charge < -0.3 is 10.2 Å². The molecule has 0 saturated carbocycles. The summed E-state index contributed by atoms with van der Waals surface area (Å²) in [5, 5.41) is 3.10. The van der Waals surface area contributed by atoms with Crippen molar-refractivity contribution in [2.24, 2.45) is 0 Å². The van der Waals surface area contributed by atoms with Crippen molar-refractivity contribution in [1.29, 1.82) is 0 Å². The molecule has 10 heteroatoms. The third kappa shape index (κ3) is 3.42. The number of nitrogens with zero attached hydrogens (tertiary/aromatic N) is 3. The third-order valence-corrected chi connectivity index (χ3v) is 6.33. The Morgan fingerprint density at radius 3 is 2.68 bits per heavy atom. The van der Waals surface area contributed by atoms with Gasteiger partial charge in [-0.15, -0.1) is 0 Å². The number of anilines is 1. The lowest BCUT2D eigenvalue weighted by atomic mass is 9.95. The van der Waals surface area contributed by atoms with Crippen LogP contribution in [0.3, 0.4) is 0 Å². The van der Waals surface area contributed by atoms with Crippen LogP contribution in [0.15, 0.2) is 30.6 Å². The second-order valence-electron chi connectivity index (χ2n) is 6.88. The fraction of sp³-hybridized carbons (Fsp3) is 0.389. The lowest BCUT2D eigenvalue weighted by molar-refractivity contribution is -0.141. The summed E-state index contributed by atoms with van der Waals surface area (Å²) < 4.78 is 52.0. The second kappa shape index (κ2) is 7.12. The number of nitrogens with one attached hydrogen (secondary N) is 1. The van der Waals surface area contributed by atoms with Gasteiger partial charge in [0.05, 0.1) is 33.6 Å². The maximum absolute atomic E-state index is 13.8. The lowest BCUT2D eigenvalue weighted by Crippen LogP contribution is -2.40. The second-order valence-corrected chi connectivity index (χ2v) is 7.96. The van der Waals surface area contributed by atoms with E-state index in [1.165, 1.54) is 12.1 Å². The van der Waals surface area contributed by atoms with Crippen LogP contribution >= 0.6 is 22.6 Å². The summed E-state index contributed by atoms with van der Waals surface area (Å²) in [5.41, 5.74) is -0.726. The van der Waals surface area contributed by atoms with Gasteiger partial charge in [0.25, 0.3) is 5.91 Å². The van der Waals surface area contributed by atoms with Crippen LogP contribution in [0.25, 0.3) is 0 Å². The molecule has 2 saturated heterocycles. The molecule has 1 aromatic carbocycles. The zero-order valence-electron chi connectivity index (χ0n) is 14.4. The molecular formula is C18H15F4IN4O. The van der Waals surface area contributed by atoms with Crippen molar-refractivity contribution in [3.63, 3.8) is 0 Å². The standard InChI is InChI=1S/C18H15F4IN4O/c19-11-3-1-2-10(16(11)23)17(28)27-9-4-5-13(27)12(6-9)26-15-8-24-14(7-25-15)18(20,21)22/h1-3,7-9,12-13H,4-6H2,(H,25,26)/t9-,12-,13+/m1/s1. The van der Waals surface area contributed by atoms with Crippen LogP contribution in [-0.2, 0) is 6.18 Å². The highest BCUT2D eigenvalue weighted by Crippen LogP contribution is 2.40. The summed E-state index contributed by atoms with van der Waals surface area (Å²) in [6, 6.07) is 4.17. The number of rotatable bonds is 3. The van der Waals surface area contributed by atoms with Gasteiger partial charge in [0.1, 0.15) is 11.6 Å². The molecule has 0 unspecified atom stereocenters. The molecule has 0 aliphatic carbocycles. The van der Waals surface area contributed by atoms with Gasteiger partial charge in [-0.1, -0.05) is 6.07 Å². The van der Waals surface area contributed by atoms with Gasteiger partial charge in [-0.25, -0.2) is 14.4 Å². The van der Waals surface area contributed by atoms with E-state index in [2.05, 4.69) is 15.3 Å². The van der Waals surface area contributed by atoms with Crippen molar-refractivity contribution in [3.8, 4) is 0 Å². The molecule has 148 valence electrons. The molecule has 0 radical (unpaired) electrons. The lowest BCUT2D eigenvalue weighted by Gasteiger charge is -2.25. The average molecular weight is 506 g/mol. The normalized spacial score (nSPS) is 23.9. The Kier molecular flexibility index (Phi) is 4.92. The first kappa shape index (κ1) is 19.3. The first-order chi connectivity index (χ1) is 13.3. The predicted octanol–water partition coefficient (Wildman–Crippen LogP) is 4.10. The molecule has 1 N–H and O–H groups in total. The minimum absolute atomic E-state index is 0.0106. The first-order valence-electron chi connectivity index (χ1n) is 8.68. The Labute approximate surface area is 171 Å². The van der Waals surface area contributed by atoms with E-state index in [9.17, 15) is 22.4 Å². The van der Waals surface area contributed by atoms with Gasteiger partial charge in [-0.05, 0) is 54.0 Å². The number of amides is 1. The average Bonchev–Trinajstić information content (AvgIpc) is 3.21. The van der Waals surface area contributed by atoms with Crippen LogP contribution in [0.5, 0.6) is 0 Å². The zero-order chi connectivity index (χ0) is 20.1. The number of hydrogen-bond acceptors (Lipinski definition) is 4. The van der Waals surface area contributed by atoms with Gasteiger partial charge in [0.15, 0.2) is 5.69 Å². The van der Waals surface area contributed by atoms with Crippen LogP contribution in [0.1, 0.15) is 35.3 Å². The van der Waals surface area contributed by atoms with Crippen molar-refractivity contribution < 1.29 is 22.4 Å². The van der Waals surface area contributed by atoms with Crippen LogP contribution < -0.4 is 5.32 Å². The molecule has 0 spiro atoms. The van der Waals surface area contributed by atoms with Gasteiger partial charge in [-0.3, -0.25) is 4.79 Å². The Bertz CT molecular complexity index is 905. The molecule has 3 heterocycles. The highest BCUT2D eigenvalue weighted by atomic mass is 127. The fourth-order valence-electron chi connectivity index (χ4n) is 4.01. The molecule has 4 rings (SSSR count). The van der Waals surface area contributed by atoms with Crippen molar-refractivity contribution in [2.45, 2.75) is 43.6 Å². The molecule has 2 aliphatic rings. The number of aromatic nitrogens is 2. The van der Waals surface area contributed by atoms with Crippen LogP contribution in [0.4, 0.5) is 23.4 Å². The molecule has 2 bridgehead atoms. The summed E-state index contributed by atoms with van der Waals surface area (Å²) in [6.07, 6.45) is -0.522. The van der Waals surface area contributed by atoms with E-state index in [-0.39, 0.29) is 33.4 Å². The molecular weight excluding hydrogens is 491 g/mol. The van der Waals surface area contributed by atoms with Crippen LogP contribution in [0, 0.1) is 9.39 Å². The van der Waals surface area contributed by atoms with Gasteiger partial charge in [0.2, 0.25) is 0 Å². The molecule has 1 aromatic heterocycles. The summed E-state index contributed by atoms with van der Waals surface area (Å²) in [5.74, 6) is -0.426. The summed E-state index contributed by atoms with van der Waals surface area (Å²) >= 11 is 1.83. The number of carbonyl (C=O) groups excluding carboxylic acids is 1. The number of alkyl halides is 3. The summed E-state index contributed by atoms with van der Waals surface area (Å²) in [4.78, 5) is 22.0. The molecule has 2 fully saturated rings. The Morgan fingerprint density at radius 2 is 2.00 bits per heavy atom. The van der Waals surface area contributed by atoms with Crippen molar-refractivity contribution in [1.82, 2.24) is 14.9 Å². The molecule has 1 amide bonds. The molecule has 2 aliphatic heterocycles.